The molecule has 0 aromatic carbocycles. The molecule has 1 amide bonds. The van der Waals surface area contributed by atoms with E-state index in [2.05, 4.69) is 15.6 Å². The molecular formula is C12H18ClN3O2. The highest BCUT2D eigenvalue weighted by Gasteiger charge is 2.08. The first-order chi connectivity index (χ1) is 8.67. The molecule has 6 heteroatoms. The average molecular weight is 272 g/mol. The van der Waals surface area contributed by atoms with Crippen LogP contribution in [0.4, 0.5) is 5.82 Å². The lowest BCUT2D eigenvalue weighted by Crippen LogP contribution is -2.27. The third kappa shape index (κ3) is 4.89. The number of aromatic nitrogens is 1. The average Bonchev–Trinajstić information content (AvgIpc) is 2.34. The molecule has 1 aromatic heterocycles. The smallest absolute Gasteiger partial charge is 0.251 e. The molecule has 1 aromatic rings. The number of halogens is 1. The number of pyridine rings is 1. The normalized spacial score (nSPS) is 10.2. The van der Waals surface area contributed by atoms with Crippen LogP contribution < -0.4 is 10.6 Å². The van der Waals surface area contributed by atoms with E-state index in [1.54, 1.807) is 12.1 Å². The Morgan fingerprint density at radius 3 is 2.89 bits per heavy atom. The number of carbonyl (C=O) groups excluding carboxylic acids is 1. The topological polar surface area (TPSA) is 63.2 Å². The second-order valence-electron chi connectivity index (χ2n) is 3.55. The zero-order valence-electron chi connectivity index (χ0n) is 10.6. The number of anilines is 1. The Bertz CT molecular complexity index is 399. The fourth-order valence-electron chi connectivity index (χ4n) is 1.38. The lowest BCUT2D eigenvalue weighted by Gasteiger charge is -2.08. The van der Waals surface area contributed by atoms with Crippen molar-refractivity contribution >= 4 is 23.3 Å². The van der Waals surface area contributed by atoms with Crippen molar-refractivity contribution in [2.24, 2.45) is 0 Å². The van der Waals surface area contributed by atoms with E-state index in [1.165, 1.54) is 0 Å². The van der Waals surface area contributed by atoms with Gasteiger partial charge in [0.1, 0.15) is 11.0 Å². The predicted molar refractivity (Wildman–Crippen MR) is 72.2 cm³/mol. The first kappa shape index (κ1) is 14.7. The van der Waals surface area contributed by atoms with E-state index >= 15 is 0 Å². The second-order valence-corrected chi connectivity index (χ2v) is 3.93. The Kier molecular flexibility index (Phi) is 6.46. The maximum absolute atomic E-state index is 11.8. The summed E-state index contributed by atoms with van der Waals surface area (Å²) in [5, 5.41) is 6.07. The second kappa shape index (κ2) is 7.89. The molecule has 5 nitrogen and oxygen atoms in total. The summed E-state index contributed by atoms with van der Waals surface area (Å²) in [5.74, 6) is 0.415. The van der Waals surface area contributed by atoms with Crippen LogP contribution in [0.2, 0.25) is 5.15 Å². The Balaban J connectivity index is 2.61. The van der Waals surface area contributed by atoms with E-state index in [1.807, 2.05) is 13.8 Å². The van der Waals surface area contributed by atoms with Crippen LogP contribution in [0.15, 0.2) is 12.1 Å². The van der Waals surface area contributed by atoms with Crippen LogP contribution >= 0.6 is 11.6 Å². The van der Waals surface area contributed by atoms with Gasteiger partial charge in [0, 0.05) is 25.3 Å². The minimum atomic E-state index is -0.182. The highest BCUT2D eigenvalue weighted by molar-refractivity contribution is 6.29. The van der Waals surface area contributed by atoms with Gasteiger partial charge in [0.15, 0.2) is 0 Å². The number of amides is 1. The summed E-state index contributed by atoms with van der Waals surface area (Å²) in [7, 11) is 0. The van der Waals surface area contributed by atoms with Crippen LogP contribution in [0, 0.1) is 0 Å². The molecule has 0 radical (unpaired) electrons. The van der Waals surface area contributed by atoms with E-state index in [4.69, 9.17) is 16.3 Å². The summed E-state index contributed by atoms with van der Waals surface area (Å²) in [6.07, 6.45) is 0. The quantitative estimate of drug-likeness (QED) is 0.588. The number of nitrogens with zero attached hydrogens (tertiary/aromatic N) is 1. The first-order valence-corrected chi connectivity index (χ1v) is 6.32. The van der Waals surface area contributed by atoms with Crippen molar-refractivity contribution in [1.82, 2.24) is 10.3 Å². The van der Waals surface area contributed by atoms with Gasteiger partial charge in [-0.2, -0.15) is 0 Å². The molecule has 0 fully saturated rings. The van der Waals surface area contributed by atoms with E-state index in [0.29, 0.717) is 36.3 Å². The molecule has 100 valence electrons. The van der Waals surface area contributed by atoms with Crippen molar-refractivity contribution in [2.45, 2.75) is 13.8 Å². The van der Waals surface area contributed by atoms with Crippen molar-refractivity contribution in [2.75, 3.05) is 31.6 Å². The summed E-state index contributed by atoms with van der Waals surface area (Å²) in [4.78, 5) is 15.9. The minimum Gasteiger partial charge on any atom is -0.380 e. The number of ether oxygens (including phenoxy) is 1. The Morgan fingerprint density at radius 2 is 2.22 bits per heavy atom. The first-order valence-electron chi connectivity index (χ1n) is 5.94. The summed E-state index contributed by atoms with van der Waals surface area (Å²) < 4.78 is 5.14. The third-order valence-electron chi connectivity index (χ3n) is 2.15. The van der Waals surface area contributed by atoms with Gasteiger partial charge >= 0.3 is 0 Å². The number of nitrogens with one attached hydrogen (secondary N) is 2. The van der Waals surface area contributed by atoms with Gasteiger partial charge in [-0.3, -0.25) is 4.79 Å². The van der Waals surface area contributed by atoms with Crippen LogP contribution in [0.3, 0.4) is 0 Å². The molecule has 1 heterocycles. The molecule has 2 N–H and O–H groups in total. The zero-order chi connectivity index (χ0) is 13.4. The molecule has 0 saturated heterocycles. The predicted octanol–water partition coefficient (Wildman–Crippen LogP) is 1.93. The molecule has 18 heavy (non-hydrogen) atoms. The summed E-state index contributed by atoms with van der Waals surface area (Å²) in [6.45, 7) is 6.20. The Morgan fingerprint density at radius 1 is 1.44 bits per heavy atom. The SMILES string of the molecule is CCNc1cc(C(=O)NCCOCC)cc(Cl)n1. The fourth-order valence-corrected chi connectivity index (χ4v) is 1.59. The molecule has 0 saturated carbocycles. The summed E-state index contributed by atoms with van der Waals surface area (Å²) in [5.41, 5.74) is 0.488. The van der Waals surface area contributed by atoms with Gasteiger partial charge in [0.2, 0.25) is 0 Å². The monoisotopic (exact) mass is 271 g/mol. The van der Waals surface area contributed by atoms with Crippen LogP contribution in [-0.2, 0) is 4.74 Å². The minimum absolute atomic E-state index is 0.182. The lowest BCUT2D eigenvalue weighted by molar-refractivity contribution is 0.0922. The molecule has 0 aliphatic heterocycles. The number of rotatable bonds is 7. The Hall–Kier alpha value is -1.33. The van der Waals surface area contributed by atoms with E-state index in [9.17, 15) is 4.79 Å². The molecule has 0 unspecified atom stereocenters. The maximum Gasteiger partial charge on any atom is 0.251 e. The summed E-state index contributed by atoms with van der Waals surface area (Å²) >= 11 is 5.86. The van der Waals surface area contributed by atoms with Gasteiger partial charge in [-0.05, 0) is 26.0 Å². The molecule has 0 bridgehead atoms. The van der Waals surface area contributed by atoms with Gasteiger partial charge < -0.3 is 15.4 Å². The molecule has 0 aliphatic rings. The van der Waals surface area contributed by atoms with Gasteiger partial charge in [-0.15, -0.1) is 0 Å². The number of carbonyl (C=O) groups is 1. The van der Waals surface area contributed by atoms with Crippen LogP contribution in [0.1, 0.15) is 24.2 Å². The van der Waals surface area contributed by atoms with Crippen molar-refractivity contribution in [3.8, 4) is 0 Å². The highest BCUT2D eigenvalue weighted by atomic mass is 35.5. The maximum atomic E-state index is 11.8. The molecule has 0 atom stereocenters. The van der Waals surface area contributed by atoms with Crippen LogP contribution in [0.25, 0.3) is 0 Å². The van der Waals surface area contributed by atoms with Crippen molar-refractivity contribution in [3.63, 3.8) is 0 Å². The molecule has 1 rings (SSSR count). The van der Waals surface area contributed by atoms with Gasteiger partial charge in [0.05, 0.1) is 6.61 Å². The van der Waals surface area contributed by atoms with E-state index in [-0.39, 0.29) is 5.91 Å². The van der Waals surface area contributed by atoms with Crippen LogP contribution in [-0.4, -0.2) is 37.2 Å². The highest BCUT2D eigenvalue weighted by Crippen LogP contribution is 2.14. The molecule has 0 spiro atoms. The largest absolute Gasteiger partial charge is 0.380 e. The summed E-state index contributed by atoms with van der Waals surface area (Å²) in [6, 6.07) is 3.21. The third-order valence-corrected chi connectivity index (χ3v) is 2.34. The Labute approximate surface area is 112 Å². The van der Waals surface area contributed by atoms with Crippen molar-refractivity contribution in [1.29, 1.82) is 0 Å². The zero-order valence-corrected chi connectivity index (χ0v) is 11.4. The molecular weight excluding hydrogens is 254 g/mol. The van der Waals surface area contributed by atoms with Crippen LogP contribution in [0.5, 0.6) is 0 Å². The fraction of sp³-hybridized carbons (Fsp3) is 0.500. The van der Waals surface area contributed by atoms with Gasteiger partial charge in [-0.1, -0.05) is 11.6 Å². The van der Waals surface area contributed by atoms with E-state index < -0.39 is 0 Å². The standard InChI is InChI=1S/C12H18ClN3O2/c1-3-14-11-8-9(7-10(13)16-11)12(17)15-5-6-18-4-2/h7-8H,3-6H2,1-2H3,(H,14,16)(H,15,17). The number of hydrogen-bond acceptors (Lipinski definition) is 4. The lowest BCUT2D eigenvalue weighted by atomic mass is 10.2. The van der Waals surface area contributed by atoms with E-state index in [0.717, 1.165) is 6.54 Å². The van der Waals surface area contributed by atoms with Crippen molar-refractivity contribution in [3.05, 3.63) is 22.8 Å². The van der Waals surface area contributed by atoms with Gasteiger partial charge in [-0.25, -0.2) is 4.98 Å². The van der Waals surface area contributed by atoms with Crippen molar-refractivity contribution < 1.29 is 9.53 Å². The molecule has 0 aliphatic carbocycles. The van der Waals surface area contributed by atoms with Gasteiger partial charge in [0.25, 0.3) is 5.91 Å². The number of hydrogen-bond donors (Lipinski definition) is 2.